The number of nitrogens with zero attached hydrogens (tertiary/aromatic N) is 1. The monoisotopic (exact) mass is 744 g/mol. The van der Waals surface area contributed by atoms with E-state index in [-0.39, 0.29) is 18.1 Å². The van der Waals surface area contributed by atoms with Gasteiger partial charge in [0.1, 0.15) is 15.9 Å². The van der Waals surface area contributed by atoms with Crippen molar-refractivity contribution in [3.8, 4) is 11.1 Å². The van der Waals surface area contributed by atoms with Crippen LogP contribution in [0.15, 0.2) is 42.5 Å². The van der Waals surface area contributed by atoms with Gasteiger partial charge in [0.05, 0.1) is 11.7 Å². The number of carbonyl (C=O) groups is 3. The van der Waals surface area contributed by atoms with Gasteiger partial charge in [0.25, 0.3) is 5.91 Å². The topological polar surface area (TPSA) is 141 Å². The van der Waals surface area contributed by atoms with E-state index in [4.69, 9.17) is 5.11 Å². The van der Waals surface area contributed by atoms with Crippen LogP contribution in [0.2, 0.25) is 0 Å². The van der Waals surface area contributed by atoms with Crippen LogP contribution < -0.4 is 5.32 Å². The first-order valence-corrected chi connectivity index (χ1v) is 22.1. The number of benzene rings is 2. The van der Waals surface area contributed by atoms with E-state index in [2.05, 4.69) is 23.2 Å². The summed E-state index contributed by atoms with van der Waals surface area (Å²) >= 11 is 1.68. The van der Waals surface area contributed by atoms with Crippen molar-refractivity contribution in [2.24, 2.45) is 11.8 Å². The molecule has 3 unspecified atom stereocenters. The smallest absolute Gasteiger partial charge is 0.326 e. The summed E-state index contributed by atoms with van der Waals surface area (Å²) in [6, 6.07) is 13.7. The molecule has 1 saturated carbocycles. The Balaban J connectivity index is 0.000000688. The standard InChI is InChI=1S/C34H48N2O5S.C6H12O2S/c1-4-10-27-16-17-28(21-25-12-6-5-7-13-25)36(27)23-26-15-18-30(31(22-26)29-14-9-8-11-24(29)2)33(37)35-32(34(38)39)19-20-42(3,40)41;1-5(6(7)8)3-4-9-2/h8-9,11,14-15,18,22,25,27-28,32H,4-7,10,12-13,16-17,19-21,23H2,1-3H3,(H,35,37)(H,38,39);5H,3-4H2,1-2H3,(H,7,8)/t27-,28?,32?;/m0./s1. The molecule has 0 bridgehead atoms. The number of rotatable bonds is 17. The van der Waals surface area contributed by atoms with Gasteiger partial charge in [0, 0.05) is 30.4 Å². The van der Waals surface area contributed by atoms with Gasteiger partial charge in [-0.2, -0.15) is 11.8 Å². The largest absolute Gasteiger partial charge is 0.481 e. The Kier molecular flexibility index (Phi) is 17.5. The zero-order chi connectivity index (χ0) is 37.6. The summed E-state index contributed by atoms with van der Waals surface area (Å²) in [5.41, 5.74) is 4.26. The molecule has 1 aliphatic carbocycles. The number of sulfone groups is 1. The number of aryl methyl sites for hydroxylation is 1. The van der Waals surface area contributed by atoms with E-state index >= 15 is 0 Å². The molecule has 11 heteroatoms. The van der Waals surface area contributed by atoms with Crippen LogP contribution >= 0.6 is 11.8 Å². The fourth-order valence-corrected chi connectivity index (χ4v) is 8.67. The molecule has 284 valence electrons. The highest BCUT2D eigenvalue weighted by Crippen LogP contribution is 2.37. The summed E-state index contributed by atoms with van der Waals surface area (Å²) in [7, 11) is -3.37. The highest BCUT2D eigenvalue weighted by molar-refractivity contribution is 7.98. The number of carboxylic acids is 2. The van der Waals surface area contributed by atoms with Crippen molar-refractivity contribution in [3.05, 3.63) is 59.2 Å². The van der Waals surface area contributed by atoms with E-state index in [1.54, 1.807) is 18.7 Å². The molecule has 1 heterocycles. The maximum absolute atomic E-state index is 13.5. The first-order valence-electron chi connectivity index (χ1n) is 18.6. The second-order valence-electron chi connectivity index (χ2n) is 14.6. The Bertz CT molecular complexity index is 1540. The van der Waals surface area contributed by atoms with Crippen LogP contribution in [-0.2, 0) is 26.0 Å². The second kappa shape index (κ2) is 21.0. The zero-order valence-electron chi connectivity index (χ0n) is 31.2. The van der Waals surface area contributed by atoms with Crippen molar-refractivity contribution in [2.75, 3.05) is 24.0 Å². The fourth-order valence-electron chi connectivity index (χ4n) is 7.42. The molecule has 1 saturated heterocycles. The summed E-state index contributed by atoms with van der Waals surface area (Å²) < 4.78 is 23.3. The Morgan fingerprint density at radius 2 is 1.63 bits per heavy atom. The van der Waals surface area contributed by atoms with Crippen LogP contribution in [0.5, 0.6) is 0 Å². The van der Waals surface area contributed by atoms with Crippen molar-refractivity contribution in [1.29, 1.82) is 0 Å². The first-order chi connectivity index (χ1) is 24.2. The van der Waals surface area contributed by atoms with Gasteiger partial charge in [-0.05, 0) is 97.8 Å². The zero-order valence-corrected chi connectivity index (χ0v) is 32.9. The summed E-state index contributed by atoms with van der Waals surface area (Å²) in [6.07, 6.45) is 16.5. The highest BCUT2D eigenvalue weighted by atomic mass is 32.2. The quantitative estimate of drug-likeness (QED) is 0.148. The van der Waals surface area contributed by atoms with Gasteiger partial charge in [-0.1, -0.05) is 82.7 Å². The average molecular weight is 745 g/mol. The maximum Gasteiger partial charge on any atom is 0.326 e. The molecule has 3 N–H and O–H groups in total. The minimum Gasteiger partial charge on any atom is -0.481 e. The summed E-state index contributed by atoms with van der Waals surface area (Å²) in [5, 5.41) is 20.7. The first kappa shape index (κ1) is 42.5. The van der Waals surface area contributed by atoms with E-state index in [0.29, 0.717) is 17.6 Å². The number of carbonyl (C=O) groups excluding carboxylic acids is 1. The van der Waals surface area contributed by atoms with E-state index in [0.717, 1.165) is 59.6 Å². The van der Waals surface area contributed by atoms with Crippen LogP contribution in [0.3, 0.4) is 0 Å². The van der Waals surface area contributed by atoms with Crippen molar-refractivity contribution < 1.29 is 33.0 Å². The Morgan fingerprint density at radius 3 is 2.24 bits per heavy atom. The van der Waals surface area contributed by atoms with Crippen LogP contribution in [-0.4, -0.2) is 83.5 Å². The second-order valence-corrected chi connectivity index (χ2v) is 17.8. The van der Waals surface area contributed by atoms with Crippen LogP contribution in [0, 0.1) is 18.8 Å². The molecule has 2 aromatic rings. The number of hydrogen-bond donors (Lipinski definition) is 3. The molecule has 2 aliphatic rings. The van der Waals surface area contributed by atoms with Gasteiger partial charge >= 0.3 is 11.9 Å². The fraction of sp³-hybridized carbons (Fsp3) is 0.625. The molecule has 51 heavy (non-hydrogen) atoms. The lowest BCUT2D eigenvalue weighted by molar-refractivity contribution is -0.141. The number of thioether (sulfide) groups is 1. The number of carboxylic acid groups (broad SMARTS) is 2. The van der Waals surface area contributed by atoms with Gasteiger partial charge in [0.15, 0.2) is 0 Å². The third-order valence-corrected chi connectivity index (χ3v) is 12.0. The predicted octanol–water partition coefficient (Wildman–Crippen LogP) is 7.84. The number of nitrogens with one attached hydrogen (secondary N) is 1. The number of hydrogen-bond acceptors (Lipinski definition) is 7. The molecule has 1 amide bonds. The molecule has 4 atom stereocenters. The molecular formula is C40H60N2O7S2. The summed E-state index contributed by atoms with van der Waals surface area (Å²) in [4.78, 5) is 38.3. The molecule has 0 aromatic heterocycles. The minimum atomic E-state index is -3.37. The van der Waals surface area contributed by atoms with Gasteiger partial charge in [-0.25, -0.2) is 13.2 Å². The van der Waals surface area contributed by atoms with Crippen molar-refractivity contribution in [2.45, 2.75) is 122 Å². The number of aliphatic carboxylic acids is 2. The van der Waals surface area contributed by atoms with Crippen molar-refractivity contribution in [1.82, 2.24) is 10.2 Å². The lowest BCUT2D eigenvalue weighted by atomic mass is 9.84. The molecule has 1 aliphatic heterocycles. The van der Waals surface area contributed by atoms with Crippen LogP contribution in [0.4, 0.5) is 0 Å². The molecule has 0 spiro atoms. The third kappa shape index (κ3) is 13.9. The minimum absolute atomic E-state index is 0.183. The Morgan fingerprint density at radius 1 is 0.941 bits per heavy atom. The average Bonchev–Trinajstić information content (AvgIpc) is 3.45. The Labute approximate surface area is 310 Å². The van der Waals surface area contributed by atoms with E-state index < -0.39 is 33.7 Å². The number of amides is 1. The maximum atomic E-state index is 13.5. The SMILES string of the molecule is CCC[C@H]1CCC(CC2CCCCC2)N1Cc1ccc(C(=O)NC(CCS(C)(=O)=O)C(=O)O)c(-c2ccccc2C)c1.CSCCC(C)C(=O)O. The lowest BCUT2D eigenvalue weighted by Crippen LogP contribution is -2.42. The Hall–Kier alpha value is -2.89. The van der Waals surface area contributed by atoms with Crippen molar-refractivity contribution >= 4 is 39.4 Å². The summed E-state index contributed by atoms with van der Waals surface area (Å²) in [5.74, 6) is -1.19. The van der Waals surface area contributed by atoms with Gasteiger partial charge in [0.2, 0.25) is 0 Å². The summed E-state index contributed by atoms with van der Waals surface area (Å²) in [6.45, 7) is 6.83. The van der Waals surface area contributed by atoms with Gasteiger partial charge in [-0.3, -0.25) is 14.5 Å². The van der Waals surface area contributed by atoms with E-state index in [1.165, 1.54) is 57.8 Å². The van der Waals surface area contributed by atoms with Gasteiger partial charge < -0.3 is 15.5 Å². The van der Waals surface area contributed by atoms with Crippen molar-refractivity contribution in [3.63, 3.8) is 0 Å². The van der Waals surface area contributed by atoms with Crippen LogP contribution in [0.1, 0.15) is 112 Å². The molecule has 4 rings (SSSR count). The van der Waals surface area contributed by atoms with E-state index in [1.807, 2.05) is 49.6 Å². The highest BCUT2D eigenvalue weighted by Gasteiger charge is 2.34. The third-order valence-electron chi connectivity index (χ3n) is 10.4. The molecular weight excluding hydrogens is 685 g/mol. The molecule has 2 aromatic carbocycles. The van der Waals surface area contributed by atoms with E-state index in [9.17, 15) is 27.9 Å². The van der Waals surface area contributed by atoms with Crippen LogP contribution in [0.25, 0.3) is 11.1 Å². The number of likely N-dealkylation sites (tertiary alicyclic amines) is 1. The molecule has 9 nitrogen and oxygen atoms in total. The lowest BCUT2D eigenvalue weighted by Gasteiger charge is -2.34. The van der Waals surface area contributed by atoms with Gasteiger partial charge in [-0.15, -0.1) is 0 Å². The molecule has 0 radical (unpaired) electrons. The predicted molar refractivity (Wildman–Crippen MR) is 208 cm³/mol. The molecule has 2 fully saturated rings. The normalized spacial score (nSPS) is 19.5.